The van der Waals surface area contributed by atoms with Crippen LogP contribution in [0.1, 0.15) is 0 Å². The highest BCUT2D eigenvalue weighted by molar-refractivity contribution is 5.65. The number of phenolic OH excluding ortho intramolecular Hbond substituents is 1. The maximum absolute atomic E-state index is 9.16. The van der Waals surface area contributed by atoms with Gasteiger partial charge in [-0.2, -0.15) is 0 Å². The van der Waals surface area contributed by atoms with Crippen LogP contribution in [0.5, 0.6) is 11.6 Å². The summed E-state index contributed by atoms with van der Waals surface area (Å²) in [4.78, 5) is 0. The molecule has 5 nitrogen and oxygen atoms in total. The van der Waals surface area contributed by atoms with Gasteiger partial charge in [-0.05, 0) is 30.3 Å². The van der Waals surface area contributed by atoms with Gasteiger partial charge in [-0.1, -0.05) is 0 Å². The Labute approximate surface area is 92.5 Å². The third-order valence-electron chi connectivity index (χ3n) is 2.14. The molecule has 1 aromatic carbocycles. The second kappa shape index (κ2) is 4.06. The molecule has 2 aromatic rings. The van der Waals surface area contributed by atoms with Crippen LogP contribution in [-0.2, 0) is 0 Å². The highest BCUT2D eigenvalue weighted by Crippen LogP contribution is 2.24. The molecule has 2 rings (SSSR count). The molecule has 0 radical (unpaired) electrons. The van der Waals surface area contributed by atoms with E-state index in [1.54, 1.807) is 30.3 Å². The molecule has 0 aliphatic heterocycles. The fourth-order valence-electron chi connectivity index (χ4n) is 1.33. The van der Waals surface area contributed by atoms with Crippen molar-refractivity contribution < 1.29 is 9.84 Å². The predicted octanol–water partition coefficient (Wildman–Crippen LogP) is 1.44. The fraction of sp³-hybridized carbons (Fsp3) is 0.0909. The summed E-state index contributed by atoms with van der Waals surface area (Å²) in [7, 11) is 1.49. The van der Waals surface area contributed by atoms with Gasteiger partial charge in [0.25, 0.3) is 5.88 Å². The van der Waals surface area contributed by atoms with Crippen molar-refractivity contribution in [3.05, 3.63) is 30.3 Å². The average Bonchev–Trinajstić information content (AvgIpc) is 2.30. The molecule has 16 heavy (non-hydrogen) atoms. The maximum atomic E-state index is 9.16. The molecule has 0 saturated carbocycles. The van der Waals surface area contributed by atoms with Gasteiger partial charge in [0.2, 0.25) is 0 Å². The van der Waals surface area contributed by atoms with Crippen molar-refractivity contribution in [3.63, 3.8) is 0 Å². The number of ether oxygens (including phenoxy) is 1. The topological polar surface area (TPSA) is 81.3 Å². The molecule has 3 N–H and O–H groups in total. The molecule has 0 unspecified atom stereocenters. The summed E-state index contributed by atoms with van der Waals surface area (Å²) in [6.45, 7) is 0. The Bertz CT molecular complexity index is 497. The van der Waals surface area contributed by atoms with Gasteiger partial charge in [0.05, 0.1) is 18.5 Å². The first-order chi connectivity index (χ1) is 7.70. The van der Waals surface area contributed by atoms with Crippen LogP contribution >= 0.6 is 0 Å². The number of anilines is 1. The molecule has 0 aliphatic rings. The van der Waals surface area contributed by atoms with Crippen LogP contribution in [0.2, 0.25) is 0 Å². The Hall–Kier alpha value is -2.30. The van der Waals surface area contributed by atoms with Gasteiger partial charge in [0, 0.05) is 5.56 Å². The van der Waals surface area contributed by atoms with Crippen LogP contribution in [0.4, 0.5) is 5.69 Å². The Morgan fingerprint density at radius 3 is 2.44 bits per heavy atom. The molecule has 0 fully saturated rings. The van der Waals surface area contributed by atoms with E-state index in [1.807, 2.05) is 0 Å². The van der Waals surface area contributed by atoms with E-state index < -0.39 is 0 Å². The van der Waals surface area contributed by atoms with Crippen molar-refractivity contribution in [1.29, 1.82) is 0 Å². The zero-order chi connectivity index (χ0) is 11.5. The third kappa shape index (κ3) is 1.88. The molecule has 0 amide bonds. The molecule has 1 heterocycles. The molecule has 0 saturated heterocycles. The van der Waals surface area contributed by atoms with Gasteiger partial charge < -0.3 is 15.6 Å². The summed E-state index contributed by atoms with van der Waals surface area (Å²) in [5.74, 6) is 0.515. The van der Waals surface area contributed by atoms with E-state index in [4.69, 9.17) is 15.6 Å². The van der Waals surface area contributed by atoms with Gasteiger partial charge in [0.15, 0.2) is 0 Å². The largest absolute Gasteiger partial charge is 0.508 e. The van der Waals surface area contributed by atoms with Crippen LogP contribution in [0.3, 0.4) is 0 Å². The Morgan fingerprint density at radius 2 is 1.88 bits per heavy atom. The number of aromatic hydroxyl groups is 1. The first-order valence-electron chi connectivity index (χ1n) is 4.67. The van der Waals surface area contributed by atoms with Gasteiger partial charge in [-0.15, -0.1) is 10.2 Å². The van der Waals surface area contributed by atoms with E-state index in [0.29, 0.717) is 17.3 Å². The zero-order valence-electron chi connectivity index (χ0n) is 8.71. The lowest BCUT2D eigenvalue weighted by molar-refractivity contribution is 0.394. The summed E-state index contributed by atoms with van der Waals surface area (Å²) in [5.41, 5.74) is 7.62. The zero-order valence-corrected chi connectivity index (χ0v) is 8.71. The Morgan fingerprint density at radius 1 is 1.19 bits per heavy atom. The Balaban J connectivity index is 2.41. The monoisotopic (exact) mass is 217 g/mol. The van der Waals surface area contributed by atoms with Crippen molar-refractivity contribution >= 4 is 5.69 Å². The van der Waals surface area contributed by atoms with E-state index in [2.05, 4.69) is 10.2 Å². The smallest absolute Gasteiger partial charge is 0.256 e. The fourth-order valence-corrected chi connectivity index (χ4v) is 1.33. The summed E-state index contributed by atoms with van der Waals surface area (Å²) in [5, 5.41) is 17.0. The van der Waals surface area contributed by atoms with Crippen molar-refractivity contribution in [2.24, 2.45) is 0 Å². The molecular formula is C11H11N3O2. The predicted molar refractivity (Wildman–Crippen MR) is 60.1 cm³/mol. The molecule has 1 aromatic heterocycles. The lowest BCUT2D eigenvalue weighted by Crippen LogP contribution is -1.98. The summed E-state index contributed by atoms with van der Waals surface area (Å²) in [6.07, 6.45) is 0. The van der Waals surface area contributed by atoms with E-state index in [0.717, 1.165) is 5.56 Å². The van der Waals surface area contributed by atoms with Crippen molar-refractivity contribution in [2.45, 2.75) is 0 Å². The minimum atomic E-state index is 0.207. The number of phenols is 1. The van der Waals surface area contributed by atoms with E-state index in [9.17, 15) is 0 Å². The van der Waals surface area contributed by atoms with Gasteiger partial charge in [0.1, 0.15) is 5.75 Å². The summed E-state index contributed by atoms with van der Waals surface area (Å²) >= 11 is 0. The first-order valence-corrected chi connectivity index (χ1v) is 4.67. The lowest BCUT2D eigenvalue weighted by Gasteiger charge is -2.04. The van der Waals surface area contributed by atoms with E-state index in [1.165, 1.54) is 7.11 Å². The number of methoxy groups -OCH3 is 1. The second-order valence-corrected chi connectivity index (χ2v) is 3.24. The minimum Gasteiger partial charge on any atom is -0.508 e. The SMILES string of the molecule is COc1nnc(-c2ccc(O)cc2)cc1N. The summed E-state index contributed by atoms with van der Waals surface area (Å²) < 4.78 is 4.92. The second-order valence-electron chi connectivity index (χ2n) is 3.24. The first kappa shape index (κ1) is 10.2. The van der Waals surface area contributed by atoms with Crippen LogP contribution in [0.25, 0.3) is 11.3 Å². The molecular weight excluding hydrogens is 206 g/mol. The molecule has 0 atom stereocenters. The number of nitrogens with zero attached hydrogens (tertiary/aromatic N) is 2. The number of nitrogens with two attached hydrogens (primary N) is 1. The molecule has 0 spiro atoms. The van der Waals surface area contributed by atoms with E-state index in [-0.39, 0.29) is 5.75 Å². The highest BCUT2D eigenvalue weighted by atomic mass is 16.5. The number of benzene rings is 1. The van der Waals surface area contributed by atoms with Crippen LogP contribution in [-0.4, -0.2) is 22.4 Å². The highest BCUT2D eigenvalue weighted by Gasteiger charge is 2.05. The van der Waals surface area contributed by atoms with Crippen molar-refractivity contribution in [3.8, 4) is 22.9 Å². The number of rotatable bonds is 2. The van der Waals surface area contributed by atoms with Crippen LogP contribution in [0, 0.1) is 0 Å². The molecule has 82 valence electrons. The quantitative estimate of drug-likeness (QED) is 0.795. The maximum Gasteiger partial charge on any atom is 0.256 e. The van der Waals surface area contributed by atoms with Gasteiger partial charge >= 0.3 is 0 Å². The third-order valence-corrected chi connectivity index (χ3v) is 2.14. The molecule has 5 heteroatoms. The van der Waals surface area contributed by atoms with E-state index >= 15 is 0 Å². The standard InChI is InChI=1S/C11H11N3O2/c1-16-11-9(12)6-10(13-14-11)7-2-4-8(15)5-3-7/h2-6,15H,1H3,(H2,12,13). The average molecular weight is 217 g/mol. The van der Waals surface area contributed by atoms with Crippen LogP contribution in [0.15, 0.2) is 30.3 Å². The van der Waals surface area contributed by atoms with Gasteiger partial charge in [-0.25, -0.2) is 0 Å². The van der Waals surface area contributed by atoms with Crippen molar-refractivity contribution in [1.82, 2.24) is 10.2 Å². The number of hydrogen-bond donors (Lipinski definition) is 2. The van der Waals surface area contributed by atoms with Crippen molar-refractivity contribution in [2.75, 3.05) is 12.8 Å². The molecule has 0 aliphatic carbocycles. The minimum absolute atomic E-state index is 0.207. The number of nitrogen functional groups attached to an aromatic ring is 1. The normalized spacial score (nSPS) is 10.1. The number of aromatic nitrogens is 2. The van der Waals surface area contributed by atoms with Gasteiger partial charge in [-0.3, -0.25) is 0 Å². The Kier molecular flexibility index (Phi) is 2.59. The molecule has 0 bridgehead atoms. The van der Waals surface area contributed by atoms with Crippen LogP contribution < -0.4 is 10.5 Å². The summed E-state index contributed by atoms with van der Waals surface area (Å²) in [6, 6.07) is 8.32. The number of hydrogen-bond acceptors (Lipinski definition) is 5. The lowest BCUT2D eigenvalue weighted by atomic mass is 10.1.